The molecule has 0 unspecified atom stereocenters. The van der Waals surface area contributed by atoms with E-state index in [0.29, 0.717) is 31.3 Å². The molecule has 11 heteroatoms. The molecule has 2 aromatic carbocycles. The average molecular weight is 517 g/mol. The number of nitrogens with two attached hydrogens (primary N) is 1. The molecule has 0 saturated heterocycles. The Bertz CT molecular complexity index is 986. The predicted molar refractivity (Wildman–Crippen MR) is 120 cm³/mol. The molecule has 30 heavy (non-hydrogen) atoms. The smallest absolute Gasteiger partial charge is 0.277 e. The zero-order valence-electron chi connectivity index (χ0n) is 15.7. The molecule has 3 rings (SSSR count). The second kappa shape index (κ2) is 11.8. The van der Waals surface area contributed by atoms with Gasteiger partial charge in [0.1, 0.15) is 12.4 Å². The number of ether oxygens (including phenoxy) is 1. The minimum Gasteiger partial charge on any atom is -0.489 e. The lowest BCUT2D eigenvalue weighted by Gasteiger charge is -2.14. The molecule has 3 aromatic rings. The summed E-state index contributed by atoms with van der Waals surface area (Å²) in [5, 5.41) is 13.5. The quantitative estimate of drug-likeness (QED) is 0.372. The van der Waals surface area contributed by atoms with Crippen molar-refractivity contribution < 1.29 is 14.2 Å². The molecule has 0 saturated carbocycles. The minimum atomic E-state index is -0.434. The van der Waals surface area contributed by atoms with E-state index in [1.807, 2.05) is 42.5 Å². The summed E-state index contributed by atoms with van der Waals surface area (Å²) in [6, 6.07) is 13.4. The second-order valence-corrected chi connectivity index (χ2v) is 7.39. The molecule has 8 nitrogen and oxygen atoms in total. The van der Waals surface area contributed by atoms with Gasteiger partial charge in [0.2, 0.25) is 11.5 Å². The number of nitrogens with zero attached hydrogens (tertiary/aromatic N) is 2. The summed E-state index contributed by atoms with van der Waals surface area (Å²) in [5.41, 5.74) is 7.36. The Hall–Kier alpha value is -2.33. The molecule has 160 valence electrons. The van der Waals surface area contributed by atoms with Gasteiger partial charge in [-0.15, -0.1) is 12.4 Å². The lowest BCUT2D eigenvalue weighted by atomic mass is 10.2. The minimum absolute atomic E-state index is 0. The number of carbonyl (C=O) groups excluding carboxylic acids is 1. The molecule has 0 aliphatic carbocycles. The van der Waals surface area contributed by atoms with Crippen LogP contribution in [0.2, 0.25) is 5.02 Å². The summed E-state index contributed by atoms with van der Waals surface area (Å²) in [7, 11) is 0. The molecule has 0 atom stereocenters. The number of anilines is 1. The Kier molecular flexibility index (Phi) is 9.38. The first-order valence-electron chi connectivity index (χ1n) is 8.76. The highest BCUT2D eigenvalue weighted by molar-refractivity contribution is 9.10. The van der Waals surface area contributed by atoms with Gasteiger partial charge in [-0.25, -0.2) is 4.63 Å². The summed E-state index contributed by atoms with van der Waals surface area (Å²) < 4.78 is 11.3. The number of hydrogen-bond donors (Lipinski definition) is 3. The number of hydrogen-bond acceptors (Lipinski definition) is 7. The Morgan fingerprint density at radius 2 is 1.97 bits per heavy atom. The van der Waals surface area contributed by atoms with Gasteiger partial charge < -0.3 is 21.1 Å². The third kappa shape index (κ3) is 6.60. The van der Waals surface area contributed by atoms with Crippen molar-refractivity contribution in [2.75, 3.05) is 18.8 Å². The van der Waals surface area contributed by atoms with Crippen molar-refractivity contribution in [3.8, 4) is 5.75 Å². The molecule has 0 spiro atoms. The van der Waals surface area contributed by atoms with E-state index in [1.54, 1.807) is 0 Å². The molecular weight excluding hydrogens is 497 g/mol. The highest BCUT2D eigenvalue weighted by Gasteiger charge is 2.15. The van der Waals surface area contributed by atoms with Gasteiger partial charge in [-0.1, -0.05) is 45.7 Å². The lowest BCUT2D eigenvalue weighted by Crippen LogP contribution is -2.32. The molecule has 0 aliphatic heterocycles. The van der Waals surface area contributed by atoms with E-state index in [4.69, 9.17) is 22.1 Å². The van der Waals surface area contributed by atoms with Crippen molar-refractivity contribution >= 4 is 51.7 Å². The zero-order valence-corrected chi connectivity index (χ0v) is 18.9. The maximum atomic E-state index is 11.9. The summed E-state index contributed by atoms with van der Waals surface area (Å²) in [4.78, 5) is 11.9. The summed E-state index contributed by atoms with van der Waals surface area (Å²) in [5.74, 6) is 0.285. The number of amides is 1. The number of nitrogens with one attached hydrogen (secondary N) is 2. The van der Waals surface area contributed by atoms with Crippen LogP contribution >= 0.6 is 39.9 Å². The predicted octanol–water partition coefficient (Wildman–Crippen LogP) is 3.59. The van der Waals surface area contributed by atoms with Crippen LogP contribution in [-0.4, -0.2) is 29.3 Å². The molecule has 1 heterocycles. The first-order valence-corrected chi connectivity index (χ1v) is 9.93. The fourth-order valence-electron chi connectivity index (χ4n) is 2.52. The van der Waals surface area contributed by atoms with Crippen molar-refractivity contribution in [2.24, 2.45) is 0 Å². The van der Waals surface area contributed by atoms with E-state index in [9.17, 15) is 4.79 Å². The molecule has 0 fully saturated rings. The lowest BCUT2D eigenvalue weighted by molar-refractivity contribution is 0.0944. The van der Waals surface area contributed by atoms with E-state index in [2.05, 4.69) is 41.5 Å². The third-order valence-corrected chi connectivity index (χ3v) is 4.86. The van der Waals surface area contributed by atoms with Gasteiger partial charge >= 0.3 is 0 Å². The summed E-state index contributed by atoms with van der Waals surface area (Å²) in [6.45, 7) is 1.85. The van der Waals surface area contributed by atoms with Crippen molar-refractivity contribution in [1.29, 1.82) is 0 Å². The monoisotopic (exact) mass is 515 g/mol. The van der Waals surface area contributed by atoms with Crippen molar-refractivity contribution in [1.82, 2.24) is 20.9 Å². The fraction of sp³-hybridized carbons (Fsp3) is 0.211. The first kappa shape index (κ1) is 23.9. The topological polar surface area (TPSA) is 115 Å². The van der Waals surface area contributed by atoms with Crippen LogP contribution in [-0.2, 0) is 13.2 Å². The highest BCUT2D eigenvalue weighted by atomic mass is 79.9. The molecule has 0 radical (unpaired) electrons. The van der Waals surface area contributed by atoms with E-state index < -0.39 is 5.91 Å². The maximum absolute atomic E-state index is 11.9. The SMILES string of the molecule is Cl.Nc1nonc1C(=O)NCCNCc1cc(Br)ccc1OCc1ccccc1Cl. The average Bonchev–Trinajstić information content (AvgIpc) is 3.14. The van der Waals surface area contributed by atoms with E-state index in [-0.39, 0.29) is 23.9 Å². The third-order valence-electron chi connectivity index (χ3n) is 4.00. The van der Waals surface area contributed by atoms with Crippen LogP contribution in [0, 0.1) is 0 Å². The Morgan fingerprint density at radius 1 is 1.17 bits per heavy atom. The van der Waals surface area contributed by atoms with Gasteiger partial charge in [0.15, 0.2) is 0 Å². The Labute approximate surface area is 193 Å². The van der Waals surface area contributed by atoms with Crippen LogP contribution < -0.4 is 21.1 Å². The Morgan fingerprint density at radius 3 is 2.70 bits per heavy atom. The normalized spacial score (nSPS) is 10.3. The molecule has 0 bridgehead atoms. The zero-order chi connectivity index (χ0) is 20.6. The number of nitrogen functional groups attached to an aromatic ring is 1. The highest BCUT2D eigenvalue weighted by Crippen LogP contribution is 2.25. The van der Waals surface area contributed by atoms with Gasteiger partial charge in [-0.3, -0.25) is 4.79 Å². The summed E-state index contributed by atoms with van der Waals surface area (Å²) in [6.07, 6.45) is 0. The van der Waals surface area contributed by atoms with Gasteiger partial charge in [-0.2, -0.15) is 0 Å². The van der Waals surface area contributed by atoms with E-state index >= 15 is 0 Å². The van der Waals surface area contributed by atoms with Crippen LogP contribution in [0.3, 0.4) is 0 Å². The number of halogens is 3. The largest absolute Gasteiger partial charge is 0.489 e. The van der Waals surface area contributed by atoms with E-state index in [0.717, 1.165) is 21.3 Å². The maximum Gasteiger partial charge on any atom is 0.277 e. The first-order chi connectivity index (χ1) is 14.0. The van der Waals surface area contributed by atoms with Gasteiger partial charge in [0.05, 0.1) is 0 Å². The van der Waals surface area contributed by atoms with Crippen LogP contribution in [0.5, 0.6) is 5.75 Å². The molecule has 0 aliphatic rings. The van der Waals surface area contributed by atoms with Crippen LogP contribution in [0.1, 0.15) is 21.6 Å². The molecule has 1 aromatic heterocycles. The van der Waals surface area contributed by atoms with Gasteiger partial charge in [-0.05, 0) is 34.6 Å². The molecule has 1 amide bonds. The van der Waals surface area contributed by atoms with Crippen LogP contribution in [0.15, 0.2) is 51.6 Å². The number of rotatable bonds is 9. The van der Waals surface area contributed by atoms with Crippen molar-refractivity contribution in [3.63, 3.8) is 0 Å². The van der Waals surface area contributed by atoms with E-state index in [1.165, 1.54) is 0 Å². The van der Waals surface area contributed by atoms with Crippen molar-refractivity contribution in [2.45, 2.75) is 13.2 Å². The van der Waals surface area contributed by atoms with Gasteiger partial charge in [0.25, 0.3) is 5.91 Å². The Balaban J connectivity index is 0.00000320. The number of aromatic nitrogens is 2. The standard InChI is InChI=1S/C19H19BrClN5O3.ClH/c20-14-5-6-16(28-11-12-3-1-2-4-15(12)21)13(9-14)10-23-7-8-24-19(27)17-18(22)26-29-25-17;/h1-6,9,23H,7-8,10-11H2,(H2,22,26)(H,24,27);1H. The number of carbonyl (C=O) groups is 1. The second-order valence-electron chi connectivity index (χ2n) is 6.06. The fourth-order valence-corrected chi connectivity index (χ4v) is 3.12. The summed E-state index contributed by atoms with van der Waals surface area (Å²) >= 11 is 9.67. The molecular formula is C19H20BrCl2N5O3. The number of benzene rings is 2. The van der Waals surface area contributed by atoms with Gasteiger partial charge in [0, 0.05) is 40.3 Å². The molecule has 4 N–H and O–H groups in total. The van der Waals surface area contributed by atoms with Crippen molar-refractivity contribution in [3.05, 3.63) is 68.8 Å². The van der Waals surface area contributed by atoms with Crippen LogP contribution in [0.4, 0.5) is 5.82 Å². The van der Waals surface area contributed by atoms with Crippen LogP contribution in [0.25, 0.3) is 0 Å².